The van der Waals surface area contributed by atoms with Crippen molar-refractivity contribution in [1.82, 2.24) is 0 Å². The summed E-state index contributed by atoms with van der Waals surface area (Å²) in [4.78, 5) is 35.3. The maximum Gasteiger partial charge on any atom is 0.472 e. The molecule has 0 heterocycles. The molecule has 314 valence electrons. The molecule has 0 amide bonds. The summed E-state index contributed by atoms with van der Waals surface area (Å²) in [6.45, 7) is 4.42. The third kappa shape index (κ3) is 40.2. The van der Waals surface area contributed by atoms with Crippen LogP contribution in [0.3, 0.4) is 0 Å². The average Bonchev–Trinajstić information content (AvgIpc) is 3.10. The molecule has 10 heteroatoms. The number of phosphoric ester groups is 1. The van der Waals surface area contributed by atoms with Crippen molar-refractivity contribution < 1.29 is 42.1 Å². The number of nitrogens with zero attached hydrogens (tertiary/aromatic N) is 1. The van der Waals surface area contributed by atoms with E-state index in [0.717, 1.165) is 51.4 Å². The Morgan fingerprint density at radius 2 is 0.962 bits per heavy atom. The van der Waals surface area contributed by atoms with Crippen molar-refractivity contribution >= 4 is 19.8 Å². The lowest BCUT2D eigenvalue weighted by atomic mass is 10.0. The fourth-order valence-corrected chi connectivity index (χ4v) is 6.81. The van der Waals surface area contributed by atoms with E-state index in [1.165, 1.54) is 116 Å². The summed E-state index contributed by atoms with van der Waals surface area (Å²) < 4.78 is 34.3. The molecule has 0 saturated carbocycles. The number of phosphoric acid groups is 1. The number of carbonyl (C=O) groups excluding carboxylic acids is 2. The summed E-state index contributed by atoms with van der Waals surface area (Å²) in [6, 6.07) is 0. The summed E-state index contributed by atoms with van der Waals surface area (Å²) in [5, 5.41) is 0. The van der Waals surface area contributed by atoms with Crippen LogP contribution < -0.4 is 0 Å². The monoisotopic (exact) mass is 775 g/mol. The molecule has 0 radical (unpaired) electrons. The standard InChI is InChI=1S/C43H84NO8P/c1-6-8-10-12-14-16-18-20-22-24-25-27-29-31-33-35-42(45)49-39-41(40-51-53(47,48)50-38-37-44(3,4)5)52-43(46)36-34-32-30-28-26-23-21-19-17-15-13-11-9-7-2/h19,21,41H,6-18,20,22-40H2,1-5H3/p+1/b21-19-. The number of carbonyl (C=O) groups is 2. The minimum absolute atomic E-state index is 0.0331. The molecule has 0 aromatic heterocycles. The zero-order valence-electron chi connectivity index (χ0n) is 35.3. The van der Waals surface area contributed by atoms with Gasteiger partial charge in [0.15, 0.2) is 6.10 Å². The van der Waals surface area contributed by atoms with Crippen molar-refractivity contribution in [3.63, 3.8) is 0 Å². The molecule has 2 unspecified atom stereocenters. The predicted octanol–water partition coefficient (Wildman–Crippen LogP) is 12.2. The fourth-order valence-electron chi connectivity index (χ4n) is 6.07. The van der Waals surface area contributed by atoms with E-state index in [0.29, 0.717) is 23.9 Å². The van der Waals surface area contributed by atoms with Crippen molar-refractivity contribution in [3.05, 3.63) is 12.2 Å². The normalized spacial score (nSPS) is 13.7. The van der Waals surface area contributed by atoms with Crippen LogP contribution in [0.5, 0.6) is 0 Å². The van der Waals surface area contributed by atoms with Gasteiger partial charge in [0.1, 0.15) is 19.8 Å². The summed E-state index contributed by atoms with van der Waals surface area (Å²) in [5.41, 5.74) is 0. The van der Waals surface area contributed by atoms with Crippen LogP contribution in [0.1, 0.15) is 200 Å². The minimum Gasteiger partial charge on any atom is -0.462 e. The van der Waals surface area contributed by atoms with Crippen LogP contribution in [0, 0.1) is 0 Å². The number of esters is 2. The van der Waals surface area contributed by atoms with E-state index >= 15 is 0 Å². The van der Waals surface area contributed by atoms with E-state index in [2.05, 4.69) is 26.0 Å². The van der Waals surface area contributed by atoms with E-state index in [9.17, 15) is 19.0 Å². The molecule has 0 aliphatic rings. The number of allylic oxidation sites excluding steroid dienone is 2. The van der Waals surface area contributed by atoms with Gasteiger partial charge in [-0.1, -0.05) is 161 Å². The molecule has 53 heavy (non-hydrogen) atoms. The lowest BCUT2D eigenvalue weighted by Gasteiger charge is -2.24. The van der Waals surface area contributed by atoms with Crippen molar-refractivity contribution in [1.29, 1.82) is 0 Å². The first kappa shape index (κ1) is 51.8. The maximum atomic E-state index is 12.7. The third-order valence-corrected chi connectivity index (χ3v) is 10.5. The Morgan fingerprint density at radius 1 is 0.566 bits per heavy atom. The second-order valence-corrected chi connectivity index (χ2v) is 17.5. The molecule has 0 rings (SSSR count). The summed E-state index contributed by atoms with van der Waals surface area (Å²) in [5.74, 6) is -0.799. The molecule has 0 fully saturated rings. The number of hydrogen-bond donors (Lipinski definition) is 1. The lowest BCUT2D eigenvalue weighted by Crippen LogP contribution is -2.37. The van der Waals surface area contributed by atoms with Gasteiger partial charge in [-0.15, -0.1) is 0 Å². The molecule has 0 aliphatic carbocycles. The molecule has 0 spiro atoms. The molecule has 0 aromatic rings. The number of hydrogen-bond acceptors (Lipinski definition) is 7. The SMILES string of the molecule is CCCCCCC/C=C\CCCCCCCC(=O)OC(COC(=O)CCCCCCCCCCCCCCCCC)COP(=O)(O)OCC[N+](C)(C)C. The van der Waals surface area contributed by atoms with Crippen LogP contribution in [0.2, 0.25) is 0 Å². The van der Waals surface area contributed by atoms with E-state index in [1.807, 2.05) is 21.1 Å². The van der Waals surface area contributed by atoms with E-state index in [-0.39, 0.29) is 25.6 Å². The zero-order valence-corrected chi connectivity index (χ0v) is 36.2. The number of ether oxygens (including phenoxy) is 2. The van der Waals surface area contributed by atoms with E-state index in [4.69, 9.17) is 18.5 Å². The van der Waals surface area contributed by atoms with Gasteiger partial charge in [0.05, 0.1) is 27.7 Å². The van der Waals surface area contributed by atoms with Crippen LogP contribution >= 0.6 is 7.82 Å². The maximum absolute atomic E-state index is 12.7. The van der Waals surface area contributed by atoms with Gasteiger partial charge in [-0.25, -0.2) is 4.57 Å². The van der Waals surface area contributed by atoms with Gasteiger partial charge < -0.3 is 18.9 Å². The number of quaternary nitrogens is 1. The third-order valence-electron chi connectivity index (χ3n) is 9.55. The Balaban J connectivity index is 4.35. The predicted molar refractivity (Wildman–Crippen MR) is 220 cm³/mol. The van der Waals surface area contributed by atoms with Crippen LogP contribution in [-0.2, 0) is 32.7 Å². The van der Waals surface area contributed by atoms with Crippen molar-refractivity contribution in [2.75, 3.05) is 47.5 Å². The van der Waals surface area contributed by atoms with Crippen molar-refractivity contribution in [2.45, 2.75) is 206 Å². The number of likely N-dealkylation sites (N-methyl/N-ethyl adjacent to an activating group) is 1. The Labute approximate surface area is 326 Å². The highest BCUT2D eigenvalue weighted by Crippen LogP contribution is 2.43. The Kier molecular flexibility index (Phi) is 35.5. The molecule has 1 N–H and O–H groups in total. The van der Waals surface area contributed by atoms with Crippen molar-refractivity contribution in [3.8, 4) is 0 Å². The second-order valence-electron chi connectivity index (χ2n) is 16.1. The highest BCUT2D eigenvalue weighted by molar-refractivity contribution is 7.47. The lowest BCUT2D eigenvalue weighted by molar-refractivity contribution is -0.870. The van der Waals surface area contributed by atoms with Crippen LogP contribution in [-0.4, -0.2) is 74.9 Å². The van der Waals surface area contributed by atoms with Gasteiger partial charge in [0.2, 0.25) is 0 Å². The molecule has 0 saturated heterocycles. The molecule has 9 nitrogen and oxygen atoms in total. The van der Waals surface area contributed by atoms with Crippen LogP contribution in [0.25, 0.3) is 0 Å². The van der Waals surface area contributed by atoms with Crippen LogP contribution in [0.4, 0.5) is 0 Å². The van der Waals surface area contributed by atoms with E-state index in [1.54, 1.807) is 0 Å². The smallest absolute Gasteiger partial charge is 0.462 e. The largest absolute Gasteiger partial charge is 0.472 e. The minimum atomic E-state index is -4.37. The first-order chi connectivity index (χ1) is 25.5. The second kappa shape index (κ2) is 36.4. The van der Waals surface area contributed by atoms with Gasteiger partial charge in [-0.05, 0) is 38.5 Å². The van der Waals surface area contributed by atoms with E-state index < -0.39 is 26.5 Å². The number of rotatable bonds is 40. The quantitative estimate of drug-likeness (QED) is 0.0215. The summed E-state index contributed by atoms with van der Waals surface area (Å²) >= 11 is 0. The molecule has 0 bridgehead atoms. The van der Waals surface area contributed by atoms with Gasteiger partial charge in [-0.2, -0.15) is 0 Å². The van der Waals surface area contributed by atoms with Gasteiger partial charge >= 0.3 is 19.8 Å². The number of unbranched alkanes of at least 4 members (excludes halogenated alkanes) is 24. The molecule has 0 aliphatic heterocycles. The highest BCUT2D eigenvalue weighted by Gasteiger charge is 2.27. The first-order valence-electron chi connectivity index (χ1n) is 21.9. The Hall–Kier alpha value is -1.25. The van der Waals surface area contributed by atoms with Gasteiger partial charge in [0, 0.05) is 12.8 Å². The fraction of sp³-hybridized carbons (Fsp3) is 0.907. The topological polar surface area (TPSA) is 108 Å². The average molecular weight is 775 g/mol. The van der Waals surface area contributed by atoms with Gasteiger partial charge in [0.25, 0.3) is 0 Å². The molecular formula is C43H85NO8P+. The Morgan fingerprint density at radius 3 is 1.40 bits per heavy atom. The first-order valence-corrected chi connectivity index (χ1v) is 23.4. The summed E-state index contributed by atoms with van der Waals surface area (Å²) in [6.07, 6.45) is 36.8. The molecule has 0 aromatic carbocycles. The van der Waals surface area contributed by atoms with Crippen LogP contribution in [0.15, 0.2) is 12.2 Å². The zero-order chi connectivity index (χ0) is 39.3. The Bertz CT molecular complexity index is 922. The summed E-state index contributed by atoms with van der Waals surface area (Å²) in [7, 11) is 1.48. The highest BCUT2D eigenvalue weighted by atomic mass is 31.2. The molecule has 2 atom stereocenters. The molecular weight excluding hydrogens is 689 g/mol. The van der Waals surface area contributed by atoms with Crippen molar-refractivity contribution in [2.24, 2.45) is 0 Å². The van der Waals surface area contributed by atoms with Gasteiger partial charge in [-0.3, -0.25) is 18.6 Å².